The molecule has 128 valence electrons. The molecule has 2 N–H and O–H groups in total. The number of aryl methyl sites for hydroxylation is 1. The number of aromatic nitrogens is 4. The van der Waals surface area contributed by atoms with Crippen molar-refractivity contribution in [3.8, 4) is 5.95 Å². The van der Waals surface area contributed by atoms with E-state index in [0.717, 1.165) is 43.1 Å². The molecule has 8 heteroatoms. The number of Topliss-reactive ketones (excluding diaryl/α,β-unsaturated/α-hetero) is 1. The largest absolute Gasteiger partial charge is 0.332 e. The van der Waals surface area contributed by atoms with Gasteiger partial charge >= 0.3 is 0 Å². The van der Waals surface area contributed by atoms with Crippen LogP contribution < -0.4 is 4.90 Å². The van der Waals surface area contributed by atoms with E-state index in [4.69, 9.17) is 0 Å². The smallest absolute Gasteiger partial charge is 0.229 e. The highest BCUT2D eigenvalue weighted by Gasteiger charge is 2.26. The summed E-state index contributed by atoms with van der Waals surface area (Å²) in [5, 5.41) is 6.70. The summed E-state index contributed by atoms with van der Waals surface area (Å²) in [6, 6.07) is 1.91. The molecule has 0 bridgehead atoms. The number of hydrogen-bond donors (Lipinski definition) is 2. The van der Waals surface area contributed by atoms with Gasteiger partial charge in [0.25, 0.3) is 0 Å². The maximum absolute atomic E-state index is 12.7. The van der Waals surface area contributed by atoms with E-state index < -0.39 is 0 Å². The lowest BCUT2D eigenvalue weighted by Gasteiger charge is -2.31. The van der Waals surface area contributed by atoms with Crippen LogP contribution in [0.5, 0.6) is 0 Å². The van der Waals surface area contributed by atoms with Crippen molar-refractivity contribution in [3.63, 3.8) is 0 Å². The molecule has 2 aromatic heterocycles. The quantitative estimate of drug-likeness (QED) is 0.714. The minimum atomic E-state index is 0.107. The first-order valence-corrected chi connectivity index (χ1v) is 8.14. The van der Waals surface area contributed by atoms with Gasteiger partial charge in [-0.15, -0.1) is 0 Å². The first-order valence-electron chi connectivity index (χ1n) is 8.14. The second kappa shape index (κ2) is 6.56. The lowest BCUT2D eigenvalue weighted by atomic mass is 10.1. The Labute approximate surface area is 140 Å². The zero-order valence-corrected chi connectivity index (χ0v) is 14.3. The van der Waals surface area contributed by atoms with Gasteiger partial charge in [-0.05, 0) is 19.9 Å². The van der Waals surface area contributed by atoms with Crippen LogP contribution in [-0.4, -0.2) is 69.1 Å². The molecule has 0 aromatic carbocycles. The van der Waals surface area contributed by atoms with Crippen molar-refractivity contribution >= 4 is 11.7 Å². The van der Waals surface area contributed by atoms with Crippen molar-refractivity contribution in [2.24, 2.45) is 0 Å². The summed E-state index contributed by atoms with van der Waals surface area (Å²) in [7, 11) is 0. The fraction of sp³-hybridized carbons (Fsp3) is 0.500. The predicted octanol–water partition coefficient (Wildman–Crippen LogP) is -0.858. The van der Waals surface area contributed by atoms with Crippen LogP contribution in [0.15, 0.2) is 12.4 Å². The Bertz CT molecular complexity index is 741. The summed E-state index contributed by atoms with van der Waals surface area (Å²) < 4.78 is 1.91. The van der Waals surface area contributed by atoms with Gasteiger partial charge in [-0.25, -0.2) is 5.10 Å². The first-order chi connectivity index (χ1) is 11.5. The molecule has 1 saturated heterocycles. The highest BCUT2D eigenvalue weighted by molar-refractivity contribution is 5.98. The van der Waals surface area contributed by atoms with Gasteiger partial charge in [0.15, 0.2) is 0 Å². The van der Waals surface area contributed by atoms with Gasteiger partial charge in [-0.2, -0.15) is 10.1 Å². The van der Waals surface area contributed by atoms with E-state index in [9.17, 15) is 9.59 Å². The zero-order chi connectivity index (χ0) is 17.3. The van der Waals surface area contributed by atoms with Gasteiger partial charge in [-0.1, -0.05) is 0 Å². The topological polar surface area (TPSA) is 88.3 Å². The fourth-order valence-corrected chi connectivity index (χ4v) is 3.31. The van der Waals surface area contributed by atoms with E-state index in [1.807, 2.05) is 29.4 Å². The number of nitrogens with zero attached hydrogens (tertiary/aromatic N) is 4. The van der Waals surface area contributed by atoms with Crippen LogP contribution >= 0.6 is 0 Å². The van der Waals surface area contributed by atoms with Crippen molar-refractivity contribution in [2.75, 3.05) is 32.7 Å². The van der Waals surface area contributed by atoms with Gasteiger partial charge < -0.3 is 9.80 Å². The van der Waals surface area contributed by atoms with Crippen molar-refractivity contribution in [2.45, 2.75) is 20.8 Å². The molecular weight excluding hydrogens is 308 g/mol. The number of rotatable bonds is 4. The summed E-state index contributed by atoms with van der Waals surface area (Å²) in [6.45, 7) is 8.97. The summed E-state index contributed by atoms with van der Waals surface area (Å²) in [5.74, 6) is 0.850. The van der Waals surface area contributed by atoms with E-state index >= 15 is 0 Å². The van der Waals surface area contributed by atoms with Crippen LogP contribution in [0.1, 0.15) is 28.7 Å². The molecule has 0 atom stereocenters. The normalized spacial score (nSPS) is 15.7. The number of aromatic amines is 1. The first kappa shape index (κ1) is 16.4. The summed E-state index contributed by atoms with van der Waals surface area (Å²) in [4.78, 5) is 31.3. The molecule has 0 aliphatic carbocycles. The van der Waals surface area contributed by atoms with Crippen LogP contribution in [0.3, 0.4) is 0 Å². The average molecular weight is 331 g/mol. The second-order valence-corrected chi connectivity index (χ2v) is 6.29. The minimum Gasteiger partial charge on any atom is -0.332 e. The minimum absolute atomic E-state index is 0.107. The Kier molecular flexibility index (Phi) is 4.48. The maximum Gasteiger partial charge on any atom is 0.229 e. The molecule has 0 saturated carbocycles. The molecule has 24 heavy (non-hydrogen) atoms. The van der Waals surface area contributed by atoms with Gasteiger partial charge in [-0.3, -0.25) is 14.2 Å². The molecule has 0 unspecified atom stereocenters. The number of nitrogens with one attached hydrogen (secondary N) is 2. The number of amides is 1. The Morgan fingerprint density at radius 2 is 2.00 bits per heavy atom. The highest BCUT2D eigenvalue weighted by Crippen LogP contribution is 2.18. The third-order valence-corrected chi connectivity index (χ3v) is 4.67. The SMILES string of the molecule is CC(=O)N1CC[NH+](CC(=O)c2cc(C)n(-c3ncn[nH]3)c2C)CC1. The second-order valence-electron chi connectivity index (χ2n) is 6.29. The fourth-order valence-electron chi connectivity index (χ4n) is 3.31. The van der Waals surface area contributed by atoms with Crippen molar-refractivity contribution < 1.29 is 14.5 Å². The Morgan fingerprint density at radius 1 is 1.29 bits per heavy atom. The van der Waals surface area contributed by atoms with Crippen LogP contribution in [0.2, 0.25) is 0 Å². The number of H-pyrrole nitrogens is 1. The molecule has 1 aliphatic rings. The Balaban J connectivity index is 1.70. The number of hydrogen-bond acceptors (Lipinski definition) is 4. The third kappa shape index (κ3) is 3.09. The van der Waals surface area contributed by atoms with Gasteiger partial charge in [0.1, 0.15) is 12.9 Å². The molecule has 2 aromatic rings. The number of piperazine rings is 1. The lowest BCUT2D eigenvalue weighted by molar-refractivity contribution is -0.895. The predicted molar refractivity (Wildman–Crippen MR) is 87.3 cm³/mol. The number of carbonyl (C=O) groups excluding carboxylic acids is 2. The van der Waals surface area contributed by atoms with E-state index in [0.29, 0.717) is 12.5 Å². The van der Waals surface area contributed by atoms with Gasteiger partial charge in [0.2, 0.25) is 17.6 Å². The van der Waals surface area contributed by atoms with E-state index in [-0.39, 0.29) is 11.7 Å². The highest BCUT2D eigenvalue weighted by atomic mass is 16.2. The van der Waals surface area contributed by atoms with Crippen LogP contribution in [0.25, 0.3) is 5.95 Å². The molecule has 3 rings (SSSR count). The van der Waals surface area contributed by atoms with Crippen LogP contribution in [0, 0.1) is 13.8 Å². The standard InChI is InChI=1S/C16H22N6O2/c1-11-8-14(12(2)22(11)16-17-10-18-19-16)15(24)9-20-4-6-21(7-5-20)13(3)23/h8,10H,4-7,9H2,1-3H3,(H,17,18,19)/p+1. The van der Waals surface area contributed by atoms with Crippen LogP contribution in [0.4, 0.5) is 0 Å². The van der Waals surface area contributed by atoms with Gasteiger partial charge in [0.05, 0.1) is 26.2 Å². The van der Waals surface area contributed by atoms with E-state index in [1.165, 1.54) is 11.2 Å². The lowest BCUT2D eigenvalue weighted by Crippen LogP contribution is -3.15. The summed E-state index contributed by atoms with van der Waals surface area (Å²) >= 11 is 0. The van der Waals surface area contributed by atoms with Crippen molar-refractivity contribution in [1.82, 2.24) is 24.6 Å². The monoisotopic (exact) mass is 331 g/mol. The van der Waals surface area contributed by atoms with Crippen molar-refractivity contribution in [1.29, 1.82) is 0 Å². The molecule has 8 nitrogen and oxygen atoms in total. The van der Waals surface area contributed by atoms with E-state index in [2.05, 4.69) is 15.2 Å². The number of carbonyl (C=O) groups is 2. The van der Waals surface area contributed by atoms with E-state index in [1.54, 1.807) is 6.92 Å². The number of ketones is 1. The van der Waals surface area contributed by atoms with Crippen molar-refractivity contribution in [3.05, 3.63) is 29.3 Å². The molecule has 1 amide bonds. The molecular formula is C16H23N6O2+. The Morgan fingerprint density at radius 3 is 2.58 bits per heavy atom. The number of quaternary nitrogens is 1. The summed E-state index contributed by atoms with van der Waals surface area (Å²) in [5.41, 5.74) is 2.55. The molecule has 0 radical (unpaired) electrons. The molecule has 3 heterocycles. The molecule has 1 aliphatic heterocycles. The summed E-state index contributed by atoms with van der Waals surface area (Å²) in [6.07, 6.45) is 1.45. The van der Waals surface area contributed by atoms with Gasteiger partial charge in [0, 0.05) is 23.9 Å². The van der Waals surface area contributed by atoms with Crippen LogP contribution in [-0.2, 0) is 4.79 Å². The third-order valence-electron chi connectivity index (χ3n) is 4.67. The zero-order valence-electron chi connectivity index (χ0n) is 14.3. The maximum atomic E-state index is 12.7. The molecule has 0 spiro atoms. The molecule has 1 fully saturated rings. The average Bonchev–Trinajstić information content (AvgIpc) is 3.15. The Hall–Kier alpha value is -2.48.